The zero-order chi connectivity index (χ0) is 13.1. The molecule has 0 amide bonds. The lowest BCUT2D eigenvalue weighted by molar-refractivity contribution is 0.596. The second kappa shape index (κ2) is 5.87. The molecule has 0 bridgehead atoms. The lowest BCUT2D eigenvalue weighted by Gasteiger charge is -2.24. The summed E-state index contributed by atoms with van der Waals surface area (Å²) < 4.78 is 0. The van der Waals surface area contributed by atoms with Crippen LogP contribution in [0.4, 0.5) is 5.95 Å². The fraction of sp³-hybridized carbons (Fsp3) is 0.467. The molecule has 1 aliphatic rings. The van der Waals surface area contributed by atoms with E-state index in [4.69, 9.17) is 4.98 Å². The number of alkyl halides is 1. The Hall–Kier alpha value is -1.16. The van der Waals surface area contributed by atoms with Crippen molar-refractivity contribution in [3.05, 3.63) is 30.5 Å². The summed E-state index contributed by atoms with van der Waals surface area (Å²) in [6, 6.07) is 8.79. The molecule has 2 aromatic rings. The molecule has 4 heteroatoms. The Bertz CT molecular complexity index is 558. The Kier molecular flexibility index (Phi) is 3.97. The predicted molar refractivity (Wildman–Crippen MR) is 82.9 cm³/mol. The number of para-hydroxylation sites is 1. The van der Waals surface area contributed by atoms with Gasteiger partial charge in [-0.25, -0.2) is 9.97 Å². The van der Waals surface area contributed by atoms with Crippen LogP contribution in [-0.2, 0) is 0 Å². The number of rotatable bonds is 4. The predicted octanol–water partition coefficient (Wildman–Crippen LogP) is 3.77. The monoisotopic (exact) mass is 319 g/mol. The molecule has 1 fully saturated rings. The zero-order valence-corrected chi connectivity index (χ0v) is 12.5. The van der Waals surface area contributed by atoms with Crippen molar-refractivity contribution < 1.29 is 0 Å². The molecule has 0 spiro atoms. The number of benzene rings is 1. The van der Waals surface area contributed by atoms with Gasteiger partial charge in [-0.15, -0.1) is 0 Å². The molecule has 1 aromatic heterocycles. The van der Waals surface area contributed by atoms with E-state index in [0.717, 1.165) is 28.7 Å². The van der Waals surface area contributed by atoms with E-state index in [2.05, 4.69) is 37.9 Å². The van der Waals surface area contributed by atoms with Crippen molar-refractivity contribution in [2.45, 2.75) is 31.7 Å². The molecule has 3 nitrogen and oxygen atoms in total. The second-order valence-electron chi connectivity index (χ2n) is 5.05. The van der Waals surface area contributed by atoms with E-state index >= 15 is 0 Å². The number of hydrogen-bond acceptors (Lipinski definition) is 3. The highest BCUT2D eigenvalue weighted by atomic mass is 79.9. The summed E-state index contributed by atoms with van der Waals surface area (Å²) >= 11 is 3.52. The van der Waals surface area contributed by atoms with E-state index in [9.17, 15) is 0 Å². The smallest absolute Gasteiger partial charge is 0.226 e. The number of fused-ring (bicyclic) bond motifs is 1. The molecule has 0 radical (unpaired) electrons. The lowest BCUT2D eigenvalue weighted by Crippen LogP contribution is -2.30. The number of nitrogens with zero attached hydrogens (tertiary/aromatic N) is 3. The van der Waals surface area contributed by atoms with Crippen molar-refractivity contribution in [2.75, 3.05) is 16.8 Å². The largest absolute Gasteiger partial charge is 0.338 e. The summed E-state index contributed by atoms with van der Waals surface area (Å²) in [7, 11) is 0. The summed E-state index contributed by atoms with van der Waals surface area (Å²) in [5.41, 5.74) is 1.04. The summed E-state index contributed by atoms with van der Waals surface area (Å²) in [6.07, 6.45) is 6.90. The van der Waals surface area contributed by atoms with Gasteiger partial charge in [-0.05, 0) is 31.7 Å². The minimum atomic E-state index is 0.610. The van der Waals surface area contributed by atoms with Crippen LogP contribution in [0.1, 0.15) is 25.7 Å². The first kappa shape index (κ1) is 12.9. The van der Waals surface area contributed by atoms with Crippen molar-refractivity contribution in [1.82, 2.24) is 9.97 Å². The molecule has 0 aliphatic carbocycles. The summed E-state index contributed by atoms with van der Waals surface area (Å²) in [5.74, 6) is 0.899. The van der Waals surface area contributed by atoms with Gasteiger partial charge in [-0.2, -0.15) is 0 Å². The van der Waals surface area contributed by atoms with E-state index in [1.807, 2.05) is 18.3 Å². The highest BCUT2D eigenvalue weighted by Crippen LogP contribution is 2.26. The molecule has 1 atom stereocenters. The molecule has 19 heavy (non-hydrogen) atoms. The van der Waals surface area contributed by atoms with Crippen LogP contribution < -0.4 is 4.90 Å². The van der Waals surface area contributed by atoms with Crippen molar-refractivity contribution in [1.29, 1.82) is 0 Å². The minimum absolute atomic E-state index is 0.610. The van der Waals surface area contributed by atoms with E-state index < -0.39 is 0 Å². The Morgan fingerprint density at radius 1 is 1.32 bits per heavy atom. The maximum absolute atomic E-state index is 4.72. The number of halogens is 1. The molecular formula is C15H18BrN3. The number of anilines is 1. The highest BCUT2D eigenvalue weighted by molar-refractivity contribution is 9.09. The molecule has 1 aromatic carbocycles. The number of hydrogen-bond donors (Lipinski definition) is 0. The van der Waals surface area contributed by atoms with Crippen molar-refractivity contribution in [3.63, 3.8) is 0 Å². The average Bonchev–Trinajstić information content (AvgIpc) is 2.93. The van der Waals surface area contributed by atoms with Gasteiger partial charge in [0, 0.05) is 29.5 Å². The molecule has 0 saturated carbocycles. The molecule has 1 aliphatic heterocycles. The van der Waals surface area contributed by atoms with Gasteiger partial charge in [0.25, 0.3) is 0 Å². The molecular weight excluding hydrogens is 302 g/mol. The highest BCUT2D eigenvalue weighted by Gasteiger charge is 2.26. The Morgan fingerprint density at radius 3 is 3.11 bits per heavy atom. The fourth-order valence-electron chi connectivity index (χ4n) is 2.81. The molecule has 1 unspecified atom stereocenters. The van der Waals surface area contributed by atoms with Crippen molar-refractivity contribution in [3.8, 4) is 0 Å². The van der Waals surface area contributed by atoms with Crippen molar-refractivity contribution >= 4 is 32.8 Å². The SMILES string of the molecule is BrCCCC1CCCN1c1ncc2ccccc2n1. The molecule has 2 heterocycles. The van der Waals surface area contributed by atoms with Crippen LogP contribution in [0.3, 0.4) is 0 Å². The van der Waals surface area contributed by atoms with Gasteiger partial charge in [0.05, 0.1) is 5.52 Å². The van der Waals surface area contributed by atoms with Crippen LogP contribution in [0.15, 0.2) is 30.5 Å². The first-order valence-corrected chi connectivity index (χ1v) is 8.05. The van der Waals surface area contributed by atoms with Crippen molar-refractivity contribution in [2.24, 2.45) is 0 Å². The third-order valence-corrected chi connectivity index (χ3v) is 4.34. The standard InChI is InChI=1S/C15H18BrN3/c16-9-3-6-13-7-4-10-19(13)15-17-11-12-5-1-2-8-14(12)18-15/h1-2,5,8,11,13H,3-4,6-7,9-10H2. The van der Waals surface area contributed by atoms with E-state index in [0.29, 0.717) is 6.04 Å². The van der Waals surface area contributed by atoms with Crippen LogP contribution in [0, 0.1) is 0 Å². The average molecular weight is 320 g/mol. The minimum Gasteiger partial charge on any atom is -0.338 e. The number of aromatic nitrogens is 2. The van der Waals surface area contributed by atoms with Gasteiger partial charge in [0.2, 0.25) is 5.95 Å². The van der Waals surface area contributed by atoms with Crippen LogP contribution >= 0.6 is 15.9 Å². The fourth-order valence-corrected chi connectivity index (χ4v) is 3.14. The van der Waals surface area contributed by atoms with Gasteiger partial charge in [0.15, 0.2) is 0 Å². The van der Waals surface area contributed by atoms with Gasteiger partial charge in [-0.1, -0.05) is 34.1 Å². The van der Waals surface area contributed by atoms with E-state index in [1.165, 1.54) is 25.7 Å². The third kappa shape index (κ3) is 2.73. The summed E-state index contributed by atoms with van der Waals surface area (Å²) in [5, 5.41) is 2.19. The van der Waals surface area contributed by atoms with Gasteiger partial charge in [-0.3, -0.25) is 0 Å². The molecule has 0 N–H and O–H groups in total. The Labute approximate surface area is 122 Å². The van der Waals surface area contributed by atoms with E-state index in [1.54, 1.807) is 0 Å². The summed E-state index contributed by atoms with van der Waals surface area (Å²) in [6.45, 7) is 1.09. The summed E-state index contributed by atoms with van der Waals surface area (Å²) in [4.78, 5) is 11.7. The lowest BCUT2D eigenvalue weighted by atomic mass is 10.1. The van der Waals surface area contributed by atoms with Crippen LogP contribution in [0.5, 0.6) is 0 Å². The maximum Gasteiger partial charge on any atom is 0.226 e. The van der Waals surface area contributed by atoms with Gasteiger partial charge >= 0.3 is 0 Å². The van der Waals surface area contributed by atoms with Gasteiger partial charge < -0.3 is 4.90 Å². The maximum atomic E-state index is 4.72. The Morgan fingerprint density at radius 2 is 2.21 bits per heavy atom. The van der Waals surface area contributed by atoms with Gasteiger partial charge in [0.1, 0.15) is 0 Å². The van der Waals surface area contributed by atoms with Crippen LogP contribution in [0.25, 0.3) is 10.9 Å². The molecule has 100 valence electrons. The quantitative estimate of drug-likeness (QED) is 0.803. The van der Waals surface area contributed by atoms with Crippen LogP contribution in [0.2, 0.25) is 0 Å². The van der Waals surface area contributed by atoms with Crippen LogP contribution in [-0.4, -0.2) is 27.9 Å². The normalized spacial score (nSPS) is 19.2. The molecule has 1 saturated heterocycles. The Balaban J connectivity index is 1.86. The molecule has 3 rings (SSSR count). The zero-order valence-electron chi connectivity index (χ0n) is 10.9. The van der Waals surface area contributed by atoms with E-state index in [-0.39, 0.29) is 0 Å². The topological polar surface area (TPSA) is 29.0 Å². The third-order valence-electron chi connectivity index (χ3n) is 3.78. The first-order valence-electron chi connectivity index (χ1n) is 6.93. The second-order valence-corrected chi connectivity index (χ2v) is 5.84. The first-order chi connectivity index (χ1) is 9.38.